The highest BCUT2D eigenvalue weighted by Crippen LogP contribution is 2.30. The number of halogens is 3. The standard InChI is InChI=1S/C27H22F3N3O2/c1-17(11-23-15-31-16-25(32-23)19-6-4-10-24(34)14-19)18-5-3-9-22(13-18)33-26(35)20-7-2-8-21(12-20)27(28,29)30/h2-10,12-17,34H,11H2,1H3,(H,33,35)/t17-/m1/s1. The molecule has 0 bridgehead atoms. The van der Waals surface area contributed by atoms with Crippen molar-refractivity contribution in [3.63, 3.8) is 0 Å². The Balaban J connectivity index is 1.47. The van der Waals surface area contributed by atoms with Gasteiger partial charge in [-0.25, -0.2) is 4.98 Å². The van der Waals surface area contributed by atoms with E-state index < -0.39 is 17.6 Å². The lowest BCUT2D eigenvalue weighted by molar-refractivity contribution is -0.137. The number of benzene rings is 3. The molecule has 5 nitrogen and oxygen atoms in total. The zero-order chi connectivity index (χ0) is 25.0. The molecule has 8 heteroatoms. The van der Waals surface area contributed by atoms with Crippen LogP contribution in [0, 0.1) is 0 Å². The van der Waals surface area contributed by atoms with E-state index in [1.165, 1.54) is 12.1 Å². The average Bonchev–Trinajstić information content (AvgIpc) is 2.84. The number of hydrogen-bond donors (Lipinski definition) is 2. The zero-order valence-electron chi connectivity index (χ0n) is 18.8. The van der Waals surface area contributed by atoms with Gasteiger partial charge in [-0.2, -0.15) is 13.2 Å². The fraction of sp³-hybridized carbons (Fsp3) is 0.148. The molecular formula is C27H22F3N3O2. The Kier molecular flexibility index (Phi) is 6.82. The first-order valence-corrected chi connectivity index (χ1v) is 10.9. The van der Waals surface area contributed by atoms with Gasteiger partial charge in [-0.3, -0.25) is 9.78 Å². The summed E-state index contributed by atoms with van der Waals surface area (Å²) in [5, 5.41) is 12.4. The molecule has 0 saturated carbocycles. The number of alkyl halides is 3. The van der Waals surface area contributed by atoms with E-state index in [-0.39, 0.29) is 17.2 Å². The van der Waals surface area contributed by atoms with E-state index in [2.05, 4.69) is 15.3 Å². The number of nitrogens with zero attached hydrogens (tertiary/aromatic N) is 2. The molecule has 0 unspecified atom stereocenters. The molecule has 0 radical (unpaired) electrons. The van der Waals surface area contributed by atoms with E-state index in [4.69, 9.17) is 0 Å². The van der Waals surface area contributed by atoms with Crippen LogP contribution in [0.3, 0.4) is 0 Å². The third-order valence-corrected chi connectivity index (χ3v) is 5.51. The molecule has 35 heavy (non-hydrogen) atoms. The molecule has 1 heterocycles. The molecule has 1 aromatic heterocycles. The van der Waals surface area contributed by atoms with Crippen LogP contribution < -0.4 is 5.32 Å². The molecule has 1 amide bonds. The van der Waals surface area contributed by atoms with Crippen molar-refractivity contribution in [2.75, 3.05) is 5.32 Å². The number of carbonyl (C=O) groups excluding carboxylic acids is 1. The summed E-state index contributed by atoms with van der Waals surface area (Å²) in [6, 6.07) is 18.3. The number of nitrogens with one attached hydrogen (secondary N) is 1. The number of carbonyl (C=O) groups is 1. The highest BCUT2D eigenvalue weighted by molar-refractivity contribution is 6.04. The second-order valence-electron chi connectivity index (χ2n) is 8.21. The summed E-state index contributed by atoms with van der Waals surface area (Å²) < 4.78 is 38.9. The fourth-order valence-corrected chi connectivity index (χ4v) is 3.70. The normalized spacial score (nSPS) is 12.2. The first-order chi connectivity index (χ1) is 16.7. The number of rotatable bonds is 6. The van der Waals surface area contributed by atoms with Gasteiger partial charge in [-0.1, -0.05) is 37.3 Å². The predicted octanol–water partition coefficient (Wildman–Crippen LogP) is 6.47. The SMILES string of the molecule is C[C@H](Cc1cncc(-c2cccc(O)c2)n1)c1cccc(NC(=O)c2cccc(C(F)(F)F)c2)c1. The van der Waals surface area contributed by atoms with Gasteiger partial charge < -0.3 is 10.4 Å². The minimum Gasteiger partial charge on any atom is -0.508 e. The highest BCUT2D eigenvalue weighted by atomic mass is 19.4. The van der Waals surface area contributed by atoms with E-state index in [0.29, 0.717) is 17.8 Å². The van der Waals surface area contributed by atoms with Crippen molar-refractivity contribution in [3.05, 3.63) is 108 Å². The van der Waals surface area contributed by atoms with Crippen molar-refractivity contribution in [1.82, 2.24) is 9.97 Å². The van der Waals surface area contributed by atoms with Gasteiger partial charge in [0.15, 0.2) is 0 Å². The van der Waals surface area contributed by atoms with Gasteiger partial charge in [0, 0.05) is 23.0 Å². The van der Waals surface area contributed by atoms with Crippen LogP contribution in [0.25, 0.3) is 11.3 Å². The molecule has 4 aromatic rings. The number of hydrogen-bond acceptors (Lipinski definition) is 4. The number of phenols is 1. The quantitative estimate of drug-likeness (QED) is 0.334. The van der Waals surface area contributed by atoms with E-state index in [9.17, 15) is 23.1 Å². The van der Waals surface area contributed by atoms with Crippen LogP contribution in [0.1, 0.15) is 40.0 Å². The van der Waals surface area contributed by atoms with Gasteiger partial charge in [0.25, 0.3) is 5.91 Å². The Hall–Kier alpha value is -4.20. The Morgan fingerprint density at radius 3 is 2.54 bits per heavy atom. The van der Waals surface area contributed by atoms with Crippen LogP contribution >= 0.6 is 0 Å². The Labute approximate surface area is 200 Å². The van der Waals surface area contributed by atoms with E-state index >= 15 is 0 Å². The summed E-state index contributed by atoms with van der Waals surface area (Å²) in [5.74, 6) is -0.452. The van der Waals surface area contributed by atoms with Gasteiger partial charge in [0.05, 0.1) is 23.1 Å². The number of aromatic nitrogens is 2. The van der Waals surface area contributed by atoms with Gasteiger partial charge in [-0.05, 0) is 60.4 Å². The summed E-state index contributed by atoms with van der Waals surface area (Å²) in [6.45, 7) is 2.01. The summed E-state index contributed by atoms with van der Waals surface area (Å²) >= 11 is 0. The van der Waals surface area contributed by atoms with Crippen LogP contribution in [-0.2, 0) is 12.6 Å². The smallest absolute Gasteiger partial charge is 0.416 e. The second kappa shape index (κ2) is 9.97. The molecule has 0 fully saturated rings. The van der Waals surface area contributed by atoms with Crippen molar-refractivity contribution in [1.29, 1.82) is 0 Å². The molecule has 3 aromatic carbocycles. The first-order valence-electron chi connectivity index (χ1n) is 10.9. The Morgan fingerprint density at radius 1 is 1.00 bits per heavy atom. The van der Waals surface area contributed by atoms with Crippen molar-refractivity contribution >= 4 is 11.6 Å². The molecular weight excluding hydrogens is 455 g/mol. The number of phenolic OH excluding ortho intramolecular Hbond substituents is 1. The molecule has 0 aliphatic heterocycles. The van der Waals surface area contributed by atoms with Crippen molar-refractivity contribution in [2.24, 2.45) is 0 Å². The largest absolute Gasteiger partial charge is 0.508 e. The monoisotopic (exact) mass is 477 g/mol. The Morgan fingerprint density at radius 2 is 1.77 bits per heavy atom. The van der Waals surface area contributed by atoms with Crippen LogP contribution in [0.5, 0.6) is 5.75 Å². The fourth-order valence-electron chi connectivity index (χ4n) is 3.70. The zero-order valence-corrected chi connectivity index (χ0v) is 18.8. The maximum absolute atomic E-state index is 13.0. The minimum absolute atomic E-state index is 0.0223. The maximum Gasteiger partial charge on any atom is 0.416 e. The highest BCUT2D eigenvalue weighted by Gasteiger charge is 2.30. The third-order valence-electron chi connectivity index (χ3n) is 5.51. The first kappa shape index (κ1) is 23.9. The molecule has 4 rings (SSSR count). The van der Waals surface area contributed by atoms with E-state index in [0.717, 1.165) is 29.0 Å². The lowest BCUT2D eigenvalue weighted by Crippen LogP contribution is -2.14. The lowest BCUT2D eigenvalue weighted by atomic mass is 9.95. The molecule has 2 N–H and O–H groups in total. The molecule has 178 valence electrons. The summed E-state index contributed by atoms with van der Waals surface area (Å²) in [5.41, 5.74) is 2.63. The number of aromatic hydroxyl groups is 1. The van der Waals surface area contributed by atoms with Gasteiger partial charge in [0.2, 0.25) is 0 Å². The van der Waals surface area contributed by atoms with Crippen molar-refractivity contribution < 1.29 is 23.1 Å². The Bertz CT molecular complexity index is 1360. The summed E-state index contributed by atoms with van der Waals surface area (Å²) in [7, 11) is 0. The van der Waals surface area contributed by atoms with E-state index in [1.807, 2.05) is 19.1 Å². The lowest BCUT2D eigenvalue weighted by Gasteiger charge is -2.14. The molecule has 0 saturated heterocycles. The van der Waals surface area contributed by atoms with Crippen molar-refractivity contribution in [3.8, 4) is 17.0 Å². The number of anilines is 1. The van der Waals surface area contributed by atoms with Crippen LogP contribution in [0.2, 0.25) is 0 Å². The van der Waals surface area contributed by atoms with E-state index in [1.54, 1.807) is 48.8 Å². The topological polar surface area (TPSA) is 75.1 Å². The predicted molar refractivity (Wildman–Crippen MR) is 127 cm³/mol. The van der Waals surface area contributed by atoms with Gasteiger partial charge >= 0.3 is 6.18 Å². The molecule has 0 aliphatic carbocycles. The average molecular weight is 477 g/mol. The second-order valence-corrected chi connectivity index (χ2v) is 8.21. The van der Waals surface area contributed by atoms with Crippen molar-refractivity contribution in [2.45, 2.75) is 25.4 Å². The van der Waals surface area contributed by atoms with Gasteiger partial charge in [-0.15, -0.1) is 0 Å². The van der Waals surface area contributed by atoms with Gasteiger partial charge in [0.1, 0.15) is 5.75 Å². The third kappa shape index (κ3) is 6.03. The maximum atomic E-state index is 13.0. The molecule has 0 spiro atoms. The summed E-state index contributed by atoms with van der Waals surface area (Å²) in [4.78, 5) is 21.5. The van der Waals surface area contributed by atoms with Crippen LogP contribution in [-0.4, -0.2) is 21.0 Å². The molecule has 0 aliphatic rings. The van der Waals surface area contributed by atoms with Crippen LogP contribution in [0.4, 0.5) is 18.9 Å². The minimum atomic E-state index is -4.52. The van der Waals surface area contributed by atoms with Crippen LogP contribution in [0.15, 0.2) is 85.2 Å². The molecule has 1 atom stereocenters. The number of amides is 1. The summed E-state index contributed by atoms with van der Waals surface area (Å²) in [6.07, 6.45) is -0.633.